The van der Waals surface area contributed by atoms with Crippen LogP contribution in [0.2, 0.25) is 0 Å². The summed E-state index contributed by atoms with van der Waals surface area (Å²) in [7, 11) is 0. The van der Waals surface area contributed by atoms with Crippen LogP contribution in [0.4, 0.5) is 0 Å². The molecule has 0 amide bonds. The molecule has 12 heavy (non-hydrogen) atoms. The summed E-state index contributed by atoms with van der Waals surface area (Å²) in [5.74, 6) is 1.88. The molecule has 1 aromatic rings. The van der Waals surface area contributed by atoms with Gasteiger partial charge in [0.1, 0.15) is 0 Å². The van der Waals surface area contributed by atoms with Crippen LogP contribution >= 0.6 is 23.4 Å². The standard InChI is InChI=1S/C10H13ClS/c1-9-5-2-3-6-10(9)12-8-4-7-11/h2-3,5-6H,4,7-8H2,1H3. The molecule has 0 N–H and O–H groups in total. The van der Waals surface area contributed by atoms with E-state index in [0.29, 0.717) is 0 Å². The molecule has 0 radical (unpaired) electrons. The van der Waals surface area contributed by atoms with Gasteiger partial charge in [-0.25, -0.2) is 0 Å². The van der Waals surface area contributed by atoms with Gasteiger partial charge in [0.25, 0.3) is 0 Å². The monoisotopic (exact) mass is 200 g/mol. The van der Waals surface area contributed by atoms with Gasteiger partial charge in [-0.1, -0.05) is 18.2 Å². The summed E-state index contributed by atoms with van der Waals surface area (Å²) < 4.78 is 0. The van der Waals surface area contributed by atoms with Crippen molar-refractivity contribution in [1.29, 1.82) is 0 Å². The molecule has 0 aliphatic carbocycles. The van der Waals surface area contributed by atoms with Gasteiger partial charge in [-0.05, 0) is 30.7 Å². The van der Waals surface area contributed by atoms with E-state index in [1.54, 1.807) is 0 Å². The molecule has 0 saturated heterocycles. The SMILES string of the molecule is Cc1ccccc1SCCCCl. The van der Waals surface area contributed by atoms with E-state index in [0.717, 1.165) is 18.1 Å². The summed E-state index contributed by atoms with van der Waals surface area (Å²) in [6, 6.07) is 8.45. The second-order valence-corrected chi connectivity index (χ2v) is 4.17. The minimum absolute atomic E-state index is 0.763. The smallest absolute Gasteiger partial charge is 0.0231 e. The van der Waals surface area contributed by atoms with Gasteiger partial charge in [-0.15, -0.1) is 23.4 Å². The van der Waals surface area contributed by atoms with Gasteiger partial charge in [0.15, 0.2) is 0 Å². The van der Waals surface area contributed by atoms with Crippen LogP contribution in [-0.2, 0) is 0 Å². The summed E-state index contributed by atoms with van der Waals surface area (Å²) >= 11 is 7.48. The van der Waals surface area contributed by atoms with E-state index in [2.05, 4.69) is 31.2 Å². The molecular formula is C10H13ClS. The second kappa shape index (κ2) is 5.50. The molecule has 0 aromatic heterocycles. The van der Waals surface area contributed by atoms with E-state index in [1.165, 1.54) is 10.5 Å². The minimum Gasteiger partial charge on any atom is -0.127 e. The van der Waals surface area contributed by atoms with Crippen molar-refractivity contribution in [3.8, 4) is 0 Å². The van der Waals surface area contributed by atoms with E-state index in [9.17, 15) is 0 Å². The Morgan fingerprint density at radius 1 is 1.33 bits per heavy atom. The first-order chi connectivity index (χ1) is 5.84. The maximum atomic E-state index is 5.59. The number of aryl methyl sites for hydroxylation is 1. The van der Waals surface area contributed by atoms with Crippen LogP contribution in [0.25, 0.3) is 0 Å². The largest absolute Gasteiger partial charge is 0.127 e. The first-order valence-corrected chi connectivity index (χ1v) is 5.61. The number of rotatable bonds is 4. The minimum atomic E-state index is 0.763. The van der Waals surface area contributed by atoms with Crippen molar-refractivity contribution in [2.24, 2.45) is 0 Å². The van der Waals surface area contributed by atoms with Gasteiger partial charge in [0.2, 0.25) is 0 Å². The summed E-state index contributed by atoms with van der Waals surface area (Å²) in [6.45, 7) is 2.14. The highest BCUT2D eigenvalue weighted by Gasteiger charge is 1.95. The number of halogens is 1. The molecule has 0 atom stereocenters. The quantitative estimate of drug-likeness (QED) is 0.406. The Bertz CT molecular complexity index is 235. The lowest BCUT2D eigenvalue weighted by Crippen LogP contribution is -1.83. The number of hydrogen-bond donors (Lipinski definition) is 0. The zero-order valence-corrected chi connectivity index (χ0v) is 8.79. The second-order valence-electron chi connectivity index (χ2n) is 2.66. The molecule has 0 spiro atoms. The average Bonchev–Trinajstić information content (AvgIpc) is 2.09. The van der Waals surface area contributed by atoms with Crippen molar-refractivity contribution >= 4 is 23.4 Å². The molecule has 2 heteroatoms. The van der Waals surface area contributed by atoms with Crippen molar-refractivity contribution < 1.29 is 0 Å². The fraction of sp³-hybridized carbons (Fsp3) is 0.400. The highest BCUT2D eigenvalue weighted by atomic mass is 35.5. The van der Waals surface area contributed by atoms with Crippen LogP contribution in [0.3, 0.4) is 0 Å². The predicted molar refractivity (Wildman–Crippen MR) is 57.2 cm³/mol. The van der Waals surface area contributed by atoms with Crippen LogP contribution in [0, 0.1) is 6.92 Å². The molecule has 0 unspecified atom stereocenters. The molecule has 1 aromatic carbocycles. The number of alkyl halides is 1. The Balaban J connectivity index is 2.46. The summed E-state index contributed by atoms with van der Waals surface area (Å²) in [5, 5.41) is 0. The summed E-state index contributed by atoms with van der Waals surface area (Å²) in [4.78, 5) is 1.38. The van der Waals surface area contributed by atoms with Gasteiger partial charge < -0.3 is 0 Å². The van der Waals surface area contributed by atoms with Crippen LogP contribution in [0.15, 0.2) is 29.2 Å². The molecule has 0 nitrogen and oxygen atoms in total. The zero-order valence-electron chi connectivity index (χ0n) is 7.22. The molecule has 0 aliphatic rings. The normalized spacial score (nSPS) is 10.2. The third-order valence-corrected chi connectivity index (χ3v) is 3.16. The lowest BCUT2D eigenvalue weighted by molar-refractivity contribution is 1.11. The predicted octanol–water partition coefficient (Wildman–Crippen LogP) is 3.72. The number of thioether (sulfide) groups is 1. The van der Waals surface area contributed by atoms with E-state index in [1.807, 2.05) is 11.8 Å². The maximum Gasteiger partial charge on any atom is 0.0231 e. The Morgan fingerprint density at radius 2 is 2.08 bits per heavy atom. The fourth-order valence-electron chi connectivity index (χ4n) is 0.955. The summed E-state index contributed by atoms with van der Waals surface area (Å²) in [6.07, 6.45) is 1.08. The van der Waals surface area contributed by atoms with E-state index < -0.39 is 0 Å². The molecule has 66 valence electrons. The lowest BCUT2D eigenvalue weighted by Gasteiger charge is -2.02. The Kier molecular flexibility index (Phi) is 4.55. The van der Waals surface area contributed by atoms with Crippen LogP contribution in [-0.4, -0.2) is 11.6 Å². The number of hydrogen-bond acceptors (Lipinski definition) is 1. The Morgan fingerprint density at radius 3 is 2.75 bits per heavy atom. The molecule has 0 heterocycles. The third-order valence-electron chi connectivity index (χ3n) is 1.63. The summed E-state index contributed by atoms with van der Waals surface area (Å²) in [5.41, 5.74) is 1.36. The first kappa shape index (κ1) is 9.94. The van der Waals surface area contributed by atoms with Crippen molar-refractivity contribution in [2.45, 2.75) is 18.2 Å². The highest BCUT2D eigenvalue weighted by Crippen LogP contribution is 2.22. The Labute approximate surface area is 83.3 Å². The Hall–Kier alpha value is -0.140. The topological polar surface area (TPSA) is 0 Å². The molecule has 0 bridgehead atoms. The van der Waals surface area contributed by atoms with Crippen LogP contribution in [0.5, 0.6) is 0 Å². The zero-order chi connectivity index (χ0) is 8.81. The fourth-order valence-corrected chi connectivity index (χ4v) is 2.23. The average molecular weight is 201 g/mol. The van der Waals surface area contributed by atoms with Crippen LogP contribution in [0.1, 0.15) is 12.0 Å². The van der Waals surface area contributed by atoms with E-state index in [4.69, 9.17) is 11.6 Å². The first-order valence-electron chi connectivity index (χ1n) is 4.09. The van der Waals surface area contributed by atoms with Crippen molar-refractivity contribution in [1.82, 2.24) is 0 Å². The van der Waals surface area contributed by atoms with E-state index in [-0.39, 0.29) is 0 Å². The third kappa shape index (κ3) is 3.08. The molecule has 0 fully saturated rings. The van der Waals surface area contributed by atoms with E-state index >= 15 is 0 Å². The molecular weight excluding hydrogens is 188 g/mol. The van der Waals surface area contributed by atoms with Gasteiger partial charge in [0, 0.05) is 10.8 Å². The van der Waals surface area contributed by atoms with Crippen LogP contribution < -0.4 is 0 Å². The number of benzene rings is 1. The molecule has 0 saturated carbocycles. The lowest BCUT2D eigenvalue weighted by atomic mass is 10.2. The highest BCUT2D eigenvalue weighted by molar-refractivity contribution is 7.99. The van der Waals surface area contributed by atoms with Gasteiger partial charge in [0.05, 0.1) is 0 Å². The van der Waals surface area contributed by atoms with Gasteiger partial charge in [-0.2, -0.15) is 0 Å². The van der Waals surface area contributed by atoms with Gasteiger partial charge in [-0.3, -0.25) is 0 Å². The maximum absolute atomic E-state index is 5.59. The van der Waals surface area contributed by atoms with Crippen molar-refractivity contribution in [2.75, 3.05) is 11.6 Å². The molecule has 1 rings (SSSR count). The molecule has 0 aliphatic heterocycles. The van der Waals surface area contributed by atoms with Crippen molar-refractivity contribution in [3.63, 3.8) is 0 Å². The van der Waals surface area contributed by atoms with Crippen molar-refractivity contribution in [3.05, 3.63) is 29.8 Å². The van der Waals surface area contributed by atoms with Gasteiger partial charge >= 0.3 is 0 Å².